The first-order valence-electron chi connectivity index (χ1n) is 6.73. The summed E-state index contributed by atoms with van der Waals surface area (Å²) in [5, 5.41) is 22.4. The van der Waals surface area contributed by atoms with Crippen LogP contribution >= 0.6 is 0 Å². The predicted octanol–water partition coefficient (Wildman–Crippen LogP) is 1.50. The van der Waals surface area contributed by atoms with E-state index in [0.29, 0.717) is 13.2 Å². The lowest BCUT2D eigenvalue weighted by Gasteiger charge is -2.23. The van der Waals surface area contributed by atoms with Crippen molar-refractivity contribution in [3.63, 3.8) is 0 Å². The van der Waals surface area contributed by atoms with Gasteiger partial charge in [0.05, 0.1) is 12.5 Å². The van der Waals surface area contributed by atoms with E-state index in [9.17, 15) is 9.90 Å². The topological polar surface area (TPSA) is 78.8 Å². The summed E-state index contributed by atoms with van der Waals surface area (Å²) in [5.74, 6) is -0.930. The van der Waals surface area contributed by atoms with E-state index in [2.05, 4.69) is 5.32 Å². The van der Waals surface area contributed by atoms with Crippen LogP contribution in [0.3, 0.4) is 0 Å². The molecule has 2 atom stereocenters. The molecule has 1 rings (SSSR count). The van der Waals surface area contributed by atoms with Crippen LogP contribution in [0, 0.1) is 6.92 Å². The maximum atomic E-state index is 10.9. The molecule has 112 valence electrons. The Morgan fingerprint density at radius 3 is 2.55 bits per heavy atom. The van der Waals surface area contributed by atoms with Crippen LogP contribution in [0.4, 0.5) is 0 Å². The van der Waals surface area contributed by atoms with E-state index in [1.807, 2.05) is 31.2 Å². The maximum absolute atomic E-state index is 10.9. The number of hydrogen-bond donors (Lipinski definition) is 3. The summed E-state index contributed by atoms with van der Waals surface area (Å²) in [6.07, 6.45) is -0.191. The third-order valence-electron chi connectivity index (χ3n) is 3.13. The van der Waals surface area contributed by atoms with Crippen molar-refractivity contribution in [1.82, 2.24) is 5.32 Å². The molecule has 0 saturated heterocycles. The highest BCUT2D eigenvalue weighted by molar-refractivity contribution is 5.67. The van der Waals surface area contributed by atoms with Crippen LogP contribution in [0.15, 0.2) is 24.3 Å². The average molecular weight is 281 g/mol. The second-order valence-corrected chi connectivity index (χ2v) is 4.86. The molecule has 2 unspecified atom stereocenters. The Morgan fingerprint density at radius 2 is 2.00 bits per heavy atom. The first-order valence-corrected chi connectivity index (χ1v) is 6.73. The Hall–Kier alpha value is -1.43. The quantitative estimate of drug-likeness (QED) is 0.598. The average Bonchev–Trinajstić information content (AvgIpc) is 2.42. The summed E-state index contributed by atoms with van der Waals surface area (Å²) >= 11 is 0. The molecule has 0 spiro atoms. The van der Waals surface area contributed by atoms with Crippen LogP contribution < -0.4 is 5.32 Å². The summed E-state index contributed by atoms with van der Waals surface area (Å²) in [7, 11) is 1.62. The van der Waals surface area contributed by atoms with Gasteiger partial charge in [0.2, 0.25) is 0 Å². The molecule has 0 saturated carbocycles. The van der Waals surface area contributed by atoms with Gasteiger partial charge in [-0.25, -0.2) is 0 Å². The molecule has 5 heteroatoms. The zero-order chi connectivity index (χ0) is 15.0. The van der Waals surface area contributed by atoms with Crippen molar-refractivity contribution in [2.45, 2.75) is 31.9 Å². The van der Waals surface area contributed by atoms with Gasteiger partial charge in [-0.3, -0.25) is 4.79 Å². The molecule has 0 aliphatic heterocycles. The fourth-order valence-corrected chi connectivity index (χ4v) is 1.98. The van der Waals surface area contributed by atoms with Gasteiger partial charge in [-0.1, -0.05) is 29.8 Å². The van der Waals surface area contributed by atoms with Crippen molar-refractivity contribution >= 4 is 5.97 Å². The minimum Gasteiger partial charge on any atom is -0.481 e. The number of nitrogens with one attached hydrogen (secondary N) is 1. The summed E-state index contributed by atoms with van der Waals surface area (Å²) in [5.41, 5.74) is 1.82. The van der Waals surface area contributed by atoms with Crippen molar-refractivity contribution in [2.24, 2.45) is 0 Å². The van der Waals surface area contributed by atoms with Gasteiger partial charge in [0.1, 0.15) is 0 Å². The van der Waals surface area contributed by atoms with Crippen molar-refractivity contribution < 1.29 is 19.7 Å². The van der Waals surface area contributed by atoms with Crippen LogP contribution in [0.25, 0.3) is 0 Å². The van der Waals surface area contributed by atoms with Crippen molar-refractivity contribution in [1.29, 1.82) is 0 Å². The summed E-state index contributed by atoms with van der Waals surface area (Å²) < 4.78 is 4.94. The molecule has 0 aromatic heterocycles. The van der Waals surface area contributed by atoms with E-state index < -0.39 is 18.1 Å². The molecule has 1 aromatic rings. The zero-order valence-corrected chi connectivity index (χ0v) is 12.0. The SMILES string of the molecule is COCCCNC(CC(=O)O)C(O)c1ccc(C)cc1. The largest absolute Gasteiger partial charge is 0.481 e. The number of benzene rings is 1. The van der Waals surface area contributed by atoms with Gasteiger partial charge < -0.3 is 20.3 Å². The van der Waals surface area contributed by atoms with E-state index >= 15 is 0 Å². The molecule has 0 aliphatic carbocycles. The van der Waals surface area contributed by atoms with Gasteiger partial charge in [0.25, 0.3) is 0 Å². The van der Waals surface area contributed by atoms with E-state index in [1.165, 1.54) is 0 Å². The minimum atomic E-state index is -0.930. The van der Waals surface area contributed by atoms with E-state index in [-0.39, 0.29) is 6.42 Å². The van der Waals surface area contributed by atoms with Gasteiger partial charge in [-0.15, -0.1) is 0 Å². The highest BCUT2D eigenvalue weighted by atomic mass is 16.5. The van der Waals surface area contributed by atoms with Crippen molar-refractivity contribution in [3.8, 4) is 0 Å². The summed E-state index contributed by atoms with van der Waals surface area (Å²) in [6.45, 7) is 3.18. The number of rotatable bonds is 9. The zero-order valence-electron chi connectivity index (χ0n) is 12.0. The fraction of sp³-hybridized carbons (Fsp3) is 0.533. The van der Waals surface area contributed by atoms with E-state index in [4.69, 9.17) is 9.84 Å². The molecule has 0 radical (unpaired) electrons. The number of aliphatic carboxylic acids is 1. The first-order chi connectivity index (χ1) is 9.54. The molecule has 3 N–H and O–H groups in total. The number of aliphatic hydroxyl groups is 1. The lowest BCUT2D eigenvalue weighted by Crippen LogP contribution is -2.37. The first kappa shape index (κ1) is 16.6. The lowest BCUT2D eigenvalue weighted by atomic mass is 9.98. The molecule has 0 amide bonds. The standard InChI is InChI=1S/C15H23NO4/c1-11-4-6-12(7-5-11)15(19)13(10-14(17)18)16-8-3-9-20-2/h4-7,13,15-16,19H,3,8-10H2,1-2H3,(H,17,18). The number of ether oxygens (including phenoxy) is 1. The molecular weight excluding hydrogens is 258 g/mol. The second kappa shape index (κ2) is 8.68. The van der Waals surface area contributed by atoms with E-state index in [0.717, 1.165) is 17.5 Å². The monoisotopic (exact) mass is 281 g/mol. The van der Waals surface area contributed by atoms with Crippen LogP contribution in [0.1, 0.15) is 30.1 Å². The number of carboxylic acids is 1. The smallest absolute Gasteiger partial charge is 0.305 e. The van der Waals surface area contributed by atoms with Crippen molar-refractivity contribution in [3.05, 3.63) is 35.4 Å². The molecule has 5 nitrogen and oxygen atoms in total. The Morgan fingerprint density at radius 1 is 1.35 bits per heavy atom. The molecule has 0 fully saturated rings. The Labute approximate surface area is 119 Å². The highest BCUT2D eigenvalue weighted by Crippen LogP contribution is 2.19. The summed E-state index contributed by atoms with van der Waals surface area (Å²) in [6, 6.07) is 6.95. The maximum Gasteiger partial charge on any atom is 0.305 e. The number of carboxylic acid groups (broad SMARTS) is 1. The van der Waals surface area contributed by atoms with Gasteiger partial charge in [0.15, 0.2) is 0 Å². The molecule has 20 heavy (non-hydrogen) atoms. The van der Waals surface area contributed by atoms with Crippen molar-refractivity contribution in [2.75, 3.05) is 20.3 Å². The minimum absolute atomic E-state index is 0.123. The van der Waals surface area contributed by atoms with Gasteiger partial charge in [-0.05, 0) is 25.5 Å². The Kier molecular flexibility index (Phi) is 7.22. The number of carbonyl (C=O) groups is 1. The Balaban J connectivity index is 2.65. The molecule has 0 heterocycles. The van der Waals surface area contributed by atoms with Gasteiger partial charge in [-0.2, -0.15) is 0 Å². The molecule has 0 aliphatic rings. The predicted molar refractivity (Wildman–Crippen MR) is 76.7 cm³/mol. The third-order valence-corrected chi connectivity index (χ3v) is 3.13. The molecule has 1 aromatic carbocycles. The van der Waals surface area contributed by atoms with Crippen LogP contribution in [-0.2, 0) is 9.53 Å². The van der Waals surface area contributed by atoms with Crippen LogP contribution in [-0.4, -0.2) is 42.5 Å². The number of hydrogen-bond acceptors (Lipinski definition) is 4. The highest BCUT2D eigenvalue weighted by Gasteiger charge is 2.22. The lowest BCUT2D eigenvalue weighted by molar-refractivity contribution is -0.138. The number of aryl methyl sites for hydroxylation is 1. The van der Waals surface area contributed by atoms with Crippen LogP contribution in [0.5, 0.6) is 0 Å². The fourth-order valence-electron chi connectivity index (χ4n) is 1.98. The summed E-state index contributed by atoms with van der Waals surface area (Å²) in [4.78, 5) is 10.9. The molecule has 0 bridgehead atoms. The third kappa shape index (κ3) is 5.69. The van der Waals surface area contributed by atoms with E-state index in [1.54, 1.807) is 7.11 Å². The van der Waals surface area contributed by atoms with Gasteiger partial charge >= 0.3 is 5.97 Å². The second-order valence-electron chi connectivity index (χ2n) is 4.86. The number of aliphatic hydroxyl groups excluding tert-OH is 1. The van der Waals surface area contributed by atoms with Gasteiger partial charge in [0, 0.05) is 19.8 Å². The molecular formula is C15H23NO4. The number of methoxy groups -OCH3 is 1. The Bertz CT molecular complexity index is 405. The normalized spacial score (nSPS) is 13.9. The van der Waals surface area contributed by atoms with Crippen LogP contribution in [0.2, 0.25) is 0 Å².